The number of nitrogens with one attached hydrogen (secondary N) is 1. The van der Waals surface area contributed by atoms with Crippen LogP contribution >= 0.6 is 0 Å². The van der Waals surface area contributed by atoms with Crippen LogP contribution in [0, 0.1) is 52.8 Å². The van der Waals surface area contributed by atoms with E-state index in [4.69, 9.17) is 9.47 Å². The van der Waals surface area contributed by atoms with E-state index >= 15 is 0 Å². The summed E-state index contributed by atoms with van der Waals surface area (Å²) in [6.07, 6.45) is 3.69. The van der Waals surface area contributed by atoms with Crippen LogP contribution in [0.5, 0.6) is 5.75 Å². The summed E-state index contributed by atoms with van der Waals surface area (Å²) in [6.45, 7) is 13.8. The zero-order valence-corrected chi connectivity index (χ0v) is 25.4. The summed E-state index contributed by atoms with van der Waals surface area (Å²) in [5.74, 6) is 2.40. The Labute approximate surface area is 243 Å². The molecule has 1 saturated heterocycles. The first-order valence-corrected chi connectivity index (χ1v) is 15.6. The van der Waals surface area contributed by atoms with Crippen LogP contribution < -0.4 is 10.1 Å². The molecule has 1 amide bonds. The molecule has 220 valence electrons. The van der Waals surface area contributed by atoms with E-state index in [0.717, 1.165) is 17.7 Å². The van der Waals surface area contributed by atoms with Crippen molar-refractivity contribution in [2.24, 2.45) is 52.8 Å². The lowest BCUT2D eigenvalue weighted by molar-refractivity contribution is -0.122. The molecule has 7 aliphatic rings. The normalized spacial score (nSPS) is 48.3. The number of allylic oxidation sites excluding steroid dienone is 5. The van der Waals surface area contributed by atoms with E-state index in [1.54, 1.807) is 0 Å². The molecule has 0 spiro atoms. The lowest BCUT2D eigenvalue weighted by atomic mass is 9.55. The molecule has 3 aliphatic heterocycles. The van der Waals surface area contributed by atoms with Crippen molar-refractivity contribution in [2.45, 2.75) is 78.7 Å². The van der Waals surface area contributed by atoms with E-state index in [9.17, 15) is 15.0 Å². The summed E-state index contributed by atoms with van der Waals surface area (Å²) in [5.41, 5.74) is 2.99. The number of methoxy groups -OCH3 is 1. The van der Waals surface area contributed by atoms with Gasteiger partial charge in [0.1, 0.15) is 23.7 Å². The number of benzene rings is 1. The van der Waals surface area contributed by atoms with Gasteiger partial charge in [0, 0.05) is 36.7 Å². The van der Waals surface area contributed by atoms with Crippen molar-refractivity contribution < 1.29 is 24.5 Å². The highest BCUT2D eigenvalue weighted by Crippen LogP contribution is 2.68. The first-order chi connectivity index (χ1) is 19.4. The van der Waals surface area contributed by atoms with Crippen molar-refractivity contribution in [3.63, 3.8) is 0 Å². The molecule has 41 heavy (non-hydrogen) atoms. The van der Waals surface area contributed by atoms with Crippen molar-refractivity contribution in [1.29, 1.82) is 0 Å². The van der Waals surface area contributed by atoms with Gasteiger partial charge in [0.25, 0.3) is 5.91 Å². The predicted molar refractivity (Wildman–Crippen MR) is 157 cm³/mol. The molecule has 0 radical (unpaired) electrons. The summed E-state index contributed by atoms with van der Waals surface area (Å²) >= 11 is 0. The Bertz CT molecular complexity index is 1390. The molecule has 4 bridgehead atoms. The van der Waals surface area contributed by atoms with Gasteiger partial charge in [-0.05, 0) is 74.0 Å². The summed E-state index contributed by atoms with van der Waals surface area (Å²) in [7, 11) is 1.51. The molecule has 6 heteroatoms. The SMILES string of the molecule is CO[C@@H]1/C2=C(\O)[C@H]3[C@H]4[C@H](Oc5ccc(cc5)C[C@]1(O)NC2=O)[C@H]1[C@@H](C[C@H](C)C[C@@H]1C)[C@@H]4C(C)=C1[C@@H](C)C(C)=C[C@@]13C. The smallest absolute Gasteiger partial charge is 0.255 e. The highest BCUT2D eigenvalue weighted by Gasteiger charge is 2.66. The van der Waals surface area contributed by atoms with Crippen LogP contribution in [0.3, 0.4) is 0 Å². The minimum absolute atomic E-state index is 0.0345. The minimum atomic E-state index is -1.67. The van der Waals surface area contributed by atoms with E-state index in [1.165, 1.54) is 30.2 Å². The van der Waals surface area contributed by atoms with Crippen molar-refractivity contribution in [3.8, 4) is 5.75 Å². The third-order valence-electron chi connectivity index (χ3n) is 12.2. The number of carbonyl (C=O) groups is 1. The molecule has 0 unspecified atom stereocenters. The molecule has 8 rings (SSSR count). The van der Waals surface area contributed by atoms with Gasteiger partial charge in [0.05, 0.1) is 5.57 Å². The Morgan fingerprint density at radius 1 is 1.07 bits per heavy atom. The Morgan fingerprint density at radius 3 is 2.46 bits per heavy atom. The monoisotopic (exact) mass is 559 g/mol. The van der Waals surface area contributed by atoms with E-state index in [2.05, 4.69) is 52.9 Å². The van der Waals surface area contributed by atoms with Crippen LogP contribution in [-0.4, -0.2) is 41.2 Å². The molecule has 1 aromatic carbocycles. The minimum Gasteiger partial charge on any atom is -0.511 e. The topological polar surface area (TPSA) is 88.0 Å². The first kappa shape index (κ1) is 27.3. The molecule has 3 heterocycles. The fraction of sp³-hybridized carbons (Fsp3) is 0.629. The van der Waals surface area contributed by atoms with Crippen LogP contribution in [0.1, 0.15) is 59.9 Å². The second-order valence-corrected chi connectivity index (χ2v) is 14.6. The zero-order chi connectivity index (χ0) is 29.2. The van der Waals surface area contributed by atoms with Crippen molar-refractivity contribution in [1.82, 2.24) is 5.32 Å². The molecule has 4 aliphatic carbocycles. The number of fused-ring (bicyclic) bond motifs is 5. The van der Waals surface area contributed by atoms with Crippen LogP contribution in [0.4, 0.5) is 0 Å². The summed E-state index contributed by atoms with van der Waals surface area (Å²) in [6, 6.07) is 7.93. The Morgan fingerprint density at radius 2 is 1.78 bits per heavy atom. The van der Waals surface area contributed by atoms with Gasteiger partial charge < -0.3 is 25.0 Å². The van der Waals surface area contributed by atoms with E-state index in [0.29, 0.717) is 23.7 Å². The van der Waals surface area contributed by atoms with Crippen LogP contribution in [0.2, 0.25) is 0 Å². The predicted octanol–water partition coefficient (Wildman–Crippen LogP) is 5.73. The largest absolute Gasteiger partial charge is 0.511 e. The average Bonchev–Trinajstić information content (AvgIpc) is 3.43. The van der Waals surface area contributed by atoms with Gasteiger partial charge in [-0.25, -0.2) is 0 Å². The van der Waals surface area contributed by atoms with Crippen molar-refractivity contribution in [3.05, 3.63) is 64.0 Å². The van der Waals surface area contributed by atoms with Gasteiger partial charge in [-0.3, -0.25) is 4.79 Å². The summed E-state index contributed by atoms with van der Waals surface area (Å²) in [5, 5.41) is 27.2. The third kappa shape index (κ3) is 3.59. The van der Waals surface area contributed by atoms with Gasteiger partial charge in [-0.15, -0.1) is 0 Å². The third-order valence-corrected chi connectivity index (χ3v) is 12.2. The molecular weight excluding hydrogens is 514 g/mol. The average molecular weight is 560 g/mol. The van der Waals surface area contributed by atoms with Crippen molar-refractivity contribution >= 4 is 5.91 Å². The zero-order valence-electron chi connectivity index (χ0n) is 25.4. The summed E-state index contributed by atoms with van der Waals surface area (Å²) < 4.78 is 12.9. The molecular formula is C35H45NO5. The number of hydrogen-bond donors (Lipinski definition) is 3. The van der Waals surface area contributed by atoms with Gasteiger partial charge in [0.2, 0.25) is 0 Å². The first-order valence-electron chi connectivity index (χ1n) is 15.6. The molecule has 3 fully saturated rings. The van der Waals surface area contributed by atoms with Gasteiger partial charge in [-0.2, -0.15) is 0 Å². The standard InChI is InChI=1S/C35H45NO5/c1-16-12-17(2)24-23(13-16)25-20(5)28-19(4)18(3)14-34(28,6)29-26(25)31(24)41-22-10-8-21(9-11-22)15-35(39)32(40-7)27(30(29)37)33(38)36-35/h8-11,14,16-17,19,23-26,29,31-32,37,39H,12-13,15H2,1-7H3,(H,36,38)/b30-27+/t16-,17+,19+,23-,24-,25+,26+,29-,31-,32-,34+,35-/m1/s1. The van der Waals surface area contributed by atoms with Crippen LogP contribution in [0.25, 0.3) is 0 Å². The fourth-order valence-corrected chi connectivity index (χ4v) is 10.9. The maximum absolute atomic E-state index is 13.7. The summed E-state index contributed by atoms with van der Waals surface area (Å²) in [4.78, 5) is 13.7. The molecule has 2 saturated carbocycles. The second-order valence-electron chi connectivity index (χ2n) is 14.6. The van der Waals surface area contributed by atoms with Gasteiger partial charge in [-0.1, -0.05) is 62.6 Å². The van der Waals surface area contributed by atoms with Crippen molar-refractivity contribution in [2.75, 3.05) is 7.11 Å². The Hall–Kier alpha value is -2.57. The highest BCUT2D eigenvalue weighted by atomic mass is 16.5. The number of carbonyl (C=O) groups excluding carboxylic acids is 1. The quantitative estimate of drug-likeness (QED) is 0.383. The molecule has 12 atom stereocenters. The number of aliphatic hydroxyl groups is 2. The molecule has 1 aromatic rings. The Balaban J connectivity index is 1.54. The maximum atomic E-state index is 13.7. The number of rotatable bonds is 1. The lowest BCUT2D eigenvalue weighted by Crippen LogP contribution is -2.51. The van der Waals surface area contributed by atoms with E-state index in [-0.39, 0.29) is 47.5 Å². The molecule has 6 nitrogen and oxygen atoms in total. The van der Waals surface area contributed by atoms with Crippen LogP contribution in [0.15, 0.2) is 58.4 Å². The van der Waals surface area contributed by atoms with E-state index in [1.807, 2.05) is 24.3 Å². The van der Waals surface area contributed by atoms with E-state index < -0.39 is 23.2 Å². The number of amides is 1. The van der Waals surface area contributed by atoms with Gasteiger partial charge in [0.15, 0.2) is 5.72 Å². The molecule has 0 aromatic heterocycles. The molecule has 3 N–H and O–H groups in total. The number of hydrogen-bond acceptors (Lipinski definition) is 5. The van der Waals surface area contributed by atoms with Gasteiger partial charge >= 0.3 is 0 Å². The second kappa shape index (κ2) is 8.97. The number of aliphatic hydroxyl groups excluding tert-OH is 1. The van der Waals surface area contributed by atoms with Crippen LogP contribution in [-0.2, 0) is 16.0 Å². The lowest BCUT2D eigenvalue weighted by Gasteiger charge is -2.49. The number of ether oxygens (including phenoxy) is 2. The maximum Gasteiger partial charge on any atom is 0.255 e. The Kier molecular flexibility index (Phi) is 5.97. The fourth-order valence-electron chi connectivity index (χ4n) is 10.9. The highest BCUT2D eigenvalue weighted by molar-refractivity contribution is 5.98.